The molecule has 0 aromatic heterocycles. The second-order valence-electron chi connectivity index (χ2n) is 17.2. The molecule has 0 amide bonds. The van der Waals surface area contributed by atoms with Gasteiger partial charge >= 0.3 is 0 Å². The van der Waals surface area contributed by atoms with Gasteiger partial charge < -0.3 is 9.80 Å². The molecule has 2 aliphatic rings. The van der Waals surface area contributed by atoms with Crippen LogP contribution in [-0.4, -0.2) is 0 Å². The van der Waals surface area contributed by atoms with Crippen LogP contribution in [0.1, 0.15) is 22.3 Å². The van der Waals surface area contributed by atoms with Gasteiger partial charge in [-0.3, -0.25) is 0 Å². The number of rotatable bonds is 5. The molecule has 0 spiro atoms. The van der Waals surface area contributed by atoms with Gasteiger partial charge in [0.05, 0.1) is 0 Å². The van der Waals surface area contributed by atoms with Crippen molar-refractivity contribution in [3.63, 3.8) is 0 Å². The van der Waals surface area contributed by atoms with Gasteiger partial charge in [0, 0.05) is 47.0 Å². The summed E-state index contributed by atoms with van der Waals surface area (Å²) < 4.78 is 0. The molecule has 11 aromatic rings. The van der Waals surface area contributed by atoms with E-state index in [9.17, 15) is 0 Å². The van der Waals surface area contributed by atoms with Gasteiger partial charge in [-0.05, 0) is 143 Å². The smallest absolute Gasteiger partial charge is 0.0497 e. The molecule has 2 heteroatoms. The highest BCUT2D eigenvalue weighted by atomic mass is 15.2. The predicted molar refractivity (Wildman–Crippen MR) is 270 cm³/mol. The second kappa shape index (κ2) is 14.7. The van der Waals surface area contributed by atoms with Gasteiger partial charge in [-0.1, -0.05) is 176 Å². The Morgan fingerprint density at radius 3 is 1.06 bits per heavy atom. The van der Waals surface area contributed by atoms with Gasteiger partial charge in [0.2, 0.25) is 0 Å². The van der Waals surface area contributed by atoms with Gasteiger partial charge in [-0.25, -0.2) is 0 Å². The fraction of sp³-hybridized carbons (Fsp3) is 0.0323. The summed E-state index contributed by atoms with van der Waals surface area (Å²) in [4.78, 5) is 4.97. The van der Waals surface area contributed by atoms with Crippen LogP contribution in [-0.2, 0) is 12.8 Å². The molecule has 0 radical (unpaired) electrons. The maximum atomic E-state index is 2.48. The Hall–Kier alpha value is -8.20. The molecular weight excluding hydrogens is 773 g/mol. The van der Waals surface area contributed by atoms with Crippen molar-refractivity contribution >= 4 is 66.4 Å². The fourth-order valence-corrected chi connectivity index (χ4v) is 10.8. The first kappa shape index (κ1) is 36.5. The van der Waals surface area contributed by atoms with Crippen LogP contribution in [0.2, 0.25) is 0 Å². The van der Waals surface area contributed by atoms with Crippen LogP contribution in [0, 0.1) is 0 Å². The Morgan fingerprint density at radius 2 is 0.625 bits per heavy atom. The monoisotopic (exact) mass is 814 g/mol. The van der Waals surface area contributed by atoms with E-state index in [-0.39, 0.29) is 0 Å². The summed E-state index contributed by atoms with van der Waals surface area (Å²) >= 11 is 0. The Labute approximate surface area is 373 Å². The molecule has 2 aliphatic heterocycles. The summed E-state index contributed by atoms with van der Waals surface area (Å²) in [5.41, 5.74) is 19.9. The molecule has 0 saturated heterocycles. The molecule has 64 heavy (non-hydrogen) atoms. The van der Waals surface area contributed by atoms with E-state index in [4.69, 9.17) is 0 Å². The summed E-state index contributed by atoms with van der Waals surface area (Å²) in [5, 5.41) is 7.44. The number of fused-ring (bicyclic) bond motifs is 10. The summed E-state index contributed by atoms with van der Waals surface area (Å²) in [7, 11) is 0. The van der Waals surface area contributed by atoms with Crippen molar-refractivity contribution in [1.29, 1.82) is 0 Å². The van der Waals surface area contributed by atoms with Gasteiger partial charge in [0.15, 0.2) is 0 Å². The Kier molecular flexibility index (Phi) is 8.39. The van der Waals surface area contributed by atoms with Crippen molar-refractivity contribution in [2.45, 2.75) is 12.8 Å². The van der Waals surface area contributed by atoms with Crippen LogP contribution >= 0.6 is 0 Å². The first-order valence-corrected chi connectivity index (χ1v) is 22.4. The molecule has 0 N–H and O–H groups in total. The maximum Gasteiger partial charge on any atom is 0.0497 e. The standard InChI is InChI=1S/C62H42N2/c1-4-18-41(19-5-1)52-40-53(42-20-6-2-7-21-42)61-50-34-32-48(63-56-28-14-10-24-44(56)36-45-25-11-15-29-57(45)63)38-54(50)55-39-49(33-35-51(55)62(61)60(52)43-22-8-3-9-23-43)64-58-30-16-12-26-46(58)37-47-27-13-17-31-59(47)64/h1-35,38-40H,36-37H2. The zero-order chi connectivity index (χ0) is 42.1. The number of hydrogen-bond acceptors (Lipinski definition) is 2. The van der Waals surface area contributed by atoms with Crippen LogP contribution in [0.3, 0.4) is 0 Å². The molecule has 0 fully saturated rings. The average Bonchev–Trinajstić information content (AvgIpc) is 3.37. The van der Waals surface area contributed by atoms with Crippen molar-refractivity contribution in [2.75, 3.05) is 9.80 Å². The zero-order valence-electron chi connectivity index (χ0n) is 35.2. The van der Waals surface area contributed by atoms with Gasteiger partial charge in [0.1, 0.15) is 0 Å². The lowest BCUT2D eigenvalue weighted by atomic mass is 9.81. The Morgan fingerprint density at radius 1 is 0.266 bits per heavy atom. The molecule has 2 heterocycles. The maximum absolute atomic E-state index is 2.48. The first-order valence-electron chi connectivity index (χ1n) is 22.4. The lowest BCUT2D eigenvalue weighted by Crippen LogP contribution is -2.18. The minimum atomic E-state index is 0.914. The normalized spacial score (nSPS) is 12.8. The lowest BCUT2D eigenvalue weighted by Gasteiger charge is -2.34. The summed E-state index contributed by atoms with van der Waals surface area (Å²) in [6, 6.07) is 85.6. The minimum absolute atomic E-state index is 0.914. The molecule has 300 valence electrons. The van der Waals surface area contributed by atoms with E-state index in [0.29, 0.717) is 0 Å². The molecule has 0 unspecified atom stereocenters. The molecule has 0 atom stereocenters. The summed E-state index contributed by atoms with van der Waals surface area (Å²) in [6.07, 6.45) is 1.83. The van der Waals surface area contributed by atoms with Gasteiger partial charge in [0.25, 0.3) is 0 Å². The average molecular weight is 815 g/mol. The zero-order valence-corrected chi connectivity index (χ0v) is 35.2. The first-order chi connectivity index (χ1) is 31.8. The van der Waals surface area contributed by atoms with E-state index in [1.165, 1.54) is 111 Å². The van der Waals surface area contributed by atoms with Gasteiger partial charge in [-0.2, -0.15) is 0 Å². The van der Waals surface area contributed by atoms with Crippen LogP contribution < -0.4 is 9.80 Å². The van der Waals surface area contributed by atoms with Crippen LogP contribution in [0.25, 0.3) is 65.7 Å². The molecule has 13 rings (SSSR count). The number of anilines is 6. The summed E-state index contributed by atoms with van der Waals surface area (Å²) in [5.74, 6) is 0. The summed E-state index contributed by atoms with van der Waals surface area (Å²) in [6.45, 7) is 0. The Balaban J connectivity index is 1.20. The molecule has 0 aliphatic carbocycles. The van der Waals surface area contributed by atoms with Gasteiger partial charge in [-0.15, -0.1) is 0 Å². The Bertz CT molecular complexity index is 3520. The minimum Gasteiger partial charge on any atom is -0.310 e. The molecular formula is C62H42N2. The number of para-hydroxylation sites is 4. The molecule has 2 nitrogen and oxygen atoms in total. The van der Waals surface area contributed by atoms with E-state index in [2.05, 4.69) is 240 Å². The van der Waals surface area contributed by atoms with E-state index in [0.717, 1.165) is 24.2 Å². The topological polar surface area (TPSA) is 6.48 Å². The second-order valence-corrected chi connectivity index (χ2v) is 17.2. The third kappa shape index (κ3) is 5.73. The molecule has 0 bridgehead atoms. The highest BCUT2D eigenvalue weighted by Gasteiger charge is 2.28. The highest BCUT2D eigenvalue weighted by molar-refractivity contribution is 6.33. The molecule has 11 aromatic carbocycles. The fourth-order valence-electron chi connectivity index (χ4n) is 10.8. The number of nitrogens with zero attached hydrogens (tertiary/aromatic N) is 2. The highest BCUT2D eigenvalue weighted by Crippen LogP contribution is 2.53. The van der Waals surface area contributed by atoms with Crippen molar-refractivity contribution in [1.82, 2.24) is 0 Å². The van der Waals surface area contributed by atoms with Crippen molar-refractivity contribution in [3.05, 3.63) is 253 Å². The molecule has 0 saturated carbocycles. The van der Waals surface area contributed by atoms with E-state index < -0.39 is 0 Å². The number of benzene rings is 11. The van der Waals surface area contributed by atoms with Crippen LogP contribution in [0.5, 0.6) is 0 Å². The number of hydrogen-bond donors (Lipinski definition) is 0. The van der Waals surface area contributed by atoms with Crippen molar-refractivity contribution < 1.29 is 0 Å². The predicted octanol–water partition coefficient (Wildman–Crippen LogP) is 16.9. The van der Waals surface area contributed by atoms with E-state index in [1.54, 1.807) is 0 Å². The third-order valence-electron chi connectivity index (χ3n) is 13.6. The third-order valence-corrected chi connectivity index (χ3v) is 13.6. The van der Waals surface area contributed by atoms with Crippen LogP contribution in [0.4, 0.5) is 34.1 Å². The largest absolute Gasteiger partial charge is 0.310 e. The lowest BCUT2D eigenvalue weighted by molar-refractivity contribution is 1.09. The van der Waals surface area contributed by atoms with E-state index >= 15 is 0 Å². The van der Waals surface area contributed by atoms with Crippen molar-refractivity contribution in [3.8, 4) is 33.4 Å². The van der Waals surface area contributed by atoms with Crippen molar-refractivity contribution in [2.24, 2.45) is 0 Å². The SMILES string of the molecule is c1ccc(-c2cc(-c3ccccc3)c3c4ccc(N5c6ccccc6Cc6ccccc65)cc4c4cc(N5c6ccccc6Cc6ccccc65)ccc4c3c2-c2ccccc2)cc1. The van der Waals surface area contributed by atoms with Crippen LogP contribution in [0.15, 0.2) is 231 Å². The van der Waals surface area contributed by atoms with E-state index in [1.807, 2.05) is 0 Å². The quantitative estimate of drug-likeness (QED) is 0.160.